The fourth-order valence-electron chi connectivity index (χ4n) is 2.91. The third-order valence-electron chi connectivity index (χ3n) is 4.11. The zero-order valence-electron chi connectivity index (χ0n) is 13.5. The SMILES string of the molecule is CCCC(=O)N1Cc2cccn2CC(OCc2ccccn2)C1. The van der Waals surface area contributed by atoms with E-state index in [4.69, 9.17) is 4.74 Å². The minimum Gasteiger partial charge on any atom is -0.368 e. The molecule has 0 fully saturated rings. The molecule has 0 saturated heterocycles. The molecule has 0 spiro atoms. The van der Waals surface area contributed by atoms with Crippen LogP contribution in [0.2, 0.25) is 0 Å². The van der Waals surface area contributed by atoms with E-state index in [1.807, 2.05) is 36.1 Å². The minimum atomic E-state index is -0.0218. The van der Waals surface area contributed by atoms with Crippen molar-refractivity contribution in [3.63, 3.8) is 0 Å². The Morgan fingerprint density at radius 2 is 2.22 bits per heavy atom. The van der Waals surface area contributed by atoms with Crippen molar-refractivity contribution in [3.8, 4) is 0 Å². The van der Waals surface area contributed by atoms with E-state index < -0.39 is 0 Å². The molecule has 5 heteroatoms. The van der Waals surface area contributed by atoms with Crippen molar-refractivity contribution in [1.82, 2.24) is 14.5 Å². The van der Waals surface area contributed by atoms with Gasteiger partial charge in [-0.2, -0.15) is 0 Å². The first kappa shape index (κ1) is 15.7. The molecule has 0 bridgehead atoms. The van der Waals surface area contributed by atoms with Gasteiger partial charge in [-0.15, -0.1) is 0 Å². The first-order chi connectivity index (χ1) is 11.3. The van der Waals surface area contributed by atoms with E-state index in [1.165, 1.54) is 5.69 Å². The fraction of sp³-hybridized carbons (Fsp3) is 0.444. The quantitative estimate of drug-likeness (QED) is 0.852. The number of rotatable bonds is 5. The fourth-order valence-corrected chi connectivity index (χ4v) is 2.91. The van der Waals surface area contributed by atoms with E-state index in [0.29, 0.717) is 26.1 Å². The summed E-state index contributed by atoms with van der Waals surface area (Å²) in [6.45, 7) is 4.57. The Balaban J connectivity index is 1.70. The molecule has 1 unspecified atom stereocenters. The lowest BCUT2D eigenvalue weighted by Crippen LogP contribution is -2.37. The third kappa shape index (κ3) is 3.99. The van der Waals surface area contributed by atoms with E-state index in [9.17, 15) is 4.79 Å². The number of pyridine rings is 1. The van der Waals surface area contributed by atoms with Crippen molar-refractivity contribution in [2.24, 2.45) is 0 Å². The maximum absolute atomic E-state index is 12.4. The Bertz CT molecular complexity index is 639. The van der Waals surface area contributed by atoms with Crippen LogP contribution in [-0.4, -0.2) is 33.0 Å². The van der Waals surface area contributed by atoms with Crippen LogP contribution in [0.15, 0.2) is 42.7 Å². The van der Waals surface area contributed by atoms with E-state index in [2.05, 4.69) is 21.8 Å². The van der Waals surface area contributed by atoms with Gasteiger partial charge in [-0.1, -0.05) is 13.0 Å². The van der Waals surface area contributed by atoms with Crippen LogP contribution in [0.4, 0.5) is 0 Å². The number of carbonyl (C=O) groups excluding carboxylic acids is 1. The predicted octanol–water partition coefficient (Wildman–Crippen LogP) is 2.61. The summed E-state index contributed by atoms with van der Waals surface area (Å²) in [5, 5.41) is 0. The molecule has 1 amide bonds. The molecular weight excluding hydrogens is 290 g/mol. The van der Waals surface area contributed by atoms with Crippen LogP contribution in [0.3, 0.4) is 0 Å². The Hall–Kier alpha value is -2.14. The molecule has 122 valence electrons. The molecule has 23 heavy (non-hydrogen) atoms. The van der Waals surface area contributed by atoms with Gasteiger partial charge < -0.3 is 14.2 Å². The topological polar surface area (TPSA) is 47.4 Å². The van der Waals surface area contributed by atoms with Crippen LogP contribution in [-0.2, 0) is 29.2 Å². The monoisotopic (exact) mass is 313 g/mol. The minimum absolute atomic E-state index is 0.0218. The van der Waals surface area contributed by atoms with Crippen molar-refractivity contribution in [2.75, 3.05) is 6.54 Å². The summed E-state index contributed by atoms with van der Waals surface area (Å²) >= 11 is 0. The Kier molecular flexibility index (Phi) is 5.08. The lowest BCUT2D eigenvalue weighted by molar-refractivity contribution is -0.134. The molecule has 0 aliphatic carbocycles. The molecule has 1 aliphatic heterocycles. The van der Waals surface area contributed by atoms with Gasteiger partial charge in [0.15, 0.2) is 0 Å². The number of hydrogen-bond donors (Lipinski definition) is 0. The number of carbonyl (C=O) groups is 1. The average molecular weight is 313 g/mol. The van der Waals surface area contributed by atoms with Gasteiger partial charge in [-0.3, -0.25) is 9.78 Å². The summed E-state index contributed by atoms with van der Waals surface area (Å²) in [6, 6.07) is 9.91. The number of amides is 1. The molecule has 1 aliphatic rings. The van der Waals surface area contributed by atoms with Gasteiger partial charge in [-0.05, 0) is 30.7 Å². The predicted molar refractivity (Wildman–Crippen MR) is 87.6 cm³/mol. The summed E-state index contributed by atoms with van der Waals surface area (Å²) in [5.74, 6) is 0.202. The molecule has 2 aromatic rings. The van der Waals surface area contributed by atoms with Crippen molar-refractivity contribution in [2.45, 2.75) is 45.6 Å². The maximum atomic E-state index is 12.4. The highest BCUT2D eigenvalue weighted by Gasteiger charge is 2.24. The van der Waals surface area contributed by atoms with Crippen molar-refractivity contribution >= 4 is 5.91 Å². The molecule has 0 saturated carbocycles. The van der Waals surface area contributed by atoms with E-state index in [-0.39, 0.29) is 12.0 Å². The first-order valence-electron chi connectivity index (χ1n) is 8.19. The number of nitrogens with zero attached hydrogens (tertiary/aromatic N) is 3. The second-order valence-electron chi connectivity index (χ2n) is 5.93. The van der Waals surface area contributed by atoms with Gasteiger partial charge in [0.05, 0.1) is 31.5 Å². The third-order valence-corrected chi connectivity index (χ3v) is 4.11. The zero-order chi connectivity index (χ0) is 16.1. The van der Waals surface area contributed by atoms with Crippen LogP contribution >= 0.6 is 0 Å². The van der Waals surface area contributed by atoms with Crippen LogP contribution in [0.5, 0.6) is 0 Å². The highest BCUT2D eigenvalue weighted by molar-refractivity contribution is 5.76. The summed E-state index contributed by atoms with van der Waals surface area (Å²) < 4.78 is 8.24. The van der Waals surface area contributed by atoms with Gasteiger partial charge in [0.25, 0.3) is 0 Å². The van der Waals surface area contributed by atoms with Crippen molar-refractivity contribution < 1.29 is 9.53 Å². The number of fused-ring (bicyclic) bond motifs is 1. The second-order valence-corrected chi connectivity index (χ2v) is 5.93. The van der Waals surface area contributed by atoms with Crippen molar-refractivity contribution in [3.05, 3.63) is 54.1 Å². The van der Waals surface area contributed by atoms with Gasteiger partial charge in [0, 0.05) is 31.1 Å². The smallest absolute Gasteiger partial charge is 0.222 e. The molecule has 3 heterocycles. The van der Waals surface area contributed by atoms with Crippen LogP contribution in [0, 0.1) is 0 Å². The summed E-state index contributed by atoms with van der Waals surface area (Å²) in [5.41, 5.74) is 2.08. The number of hydrogen-bond acceptors (Lipinski definition) is 3. The largest absolute Gasteiger partial charge is 0.368 e. The summed E-state index contributed by atoms with van der Waals surface area (Å²) in [7, 11) is 0. The van der Waals surface area contributed by atoms with E-state index in [0.717, 1.165) is 18.7 Å². The van der Waals surface area contributed by atoms with Crippen LogP contribution in [0.1, 0.15) is 31.2 Å². The van der Waals surface area contributed by atoms with Crippen LogP contribution in [0.25, 0.3) is 0 Å². The molecule has 5 nitrogen and oxygen atoms in total. The normalized spacial score (nSPS) is 17.6. The standard InChI is InChI=1S/C18H23N3O2/c1-2-6-18(22)21-11-16-8-5-10-20(16)12-17(13-21)23-14-15-7-3-4-9-19-15/h3-5,7-10,17H,2,6,11-14H2,1H3. The van der Waals surface area contributed by atoms with Crippen LogP contribution < -0.4 is 0 Å². The first-order valence-corrected chi connectivity index (χ1v) is 8.19. The summed E-state index contributed by atoms with van der Waals surface area (Å²) in [6.07, 6.45) is 5.27. The lowest BCUT2D eigenvalue weighted by atomic mass is 10.2. The molecular formula is C18H23N3O2. The number of ether oxygens (including phenoxy) is 1. The van der Waals surface area contributed by atoms with E-state index in [1.54, 1.807) is 6.20 Å². The van der Waals surface area contributed by atoms with Gasteiger partial charge in [0.1, 0.15) is 0 Å². The Morgan fingerprint density at radius 3 is 3.00 bits per heavy atom. The highest BCUT2D eigenvalue weighted by Crippen LogP contribution is 2.17. The molecule has 0 aromatic carbocycles. The van der Waals surface area contributed by atoms with E-state index >= 15 is 0 Å². The van der Waals surface area contributed by atoms with Gasteiger partial charge in [-0.25, -0.2) is 0 Å². The summed E-state index contributed by atoms with van der Waals surface area (Å²) in [4.78, 5) is 18.6. The molecule has 1 atom stereocenters. The second kappa shape index (κ2) is 7.42. The Labute approximate surface area is 136 Å². The van der Waals surface area contributed by atoms with Gasteiger partial charge >= 0.3 is 0 Å². The zero-order valence-corrected chi connectivity index (χ0v) is 13.5. The average Bonchev–Trinajstić information content (AvgIpc) is 2.92. The van der Waals surface area contributed by atoms with Crippen molar-refractivity contribution in [1.29, 1.82) is 0 Å². The van der Waals surface area contributed by atoms with Gasteiger partial charge in [0.2, 0.25) is 5.91 Å². The highest BCUT2D eigenvalue weighted by atomic mass is 16.5. The molecule has 0 N–H and O–H groups in total. The lowest BCUT2D eigenvalue weighted by Gasteiger charge is -2.24. The number of aromatic nitrogens is 2. The molecule has 3 rings (SSSR count). The maximum Gasteiger partial charge on any atom is 0.222 e. The molecule has 2 aromatic heterocycles. The Morgan fingerprint density at radius 1 is 1.30 bits per heavy atom. The molecule has 0 radical (unpaired) electrons.